The van der Waals surface area contributed by atoms with Crippen molar-refractivity contribution in [2.24, 2.45) is 0 Å². The molecule has 2 heterocycles. The highest BCUT2D eigenvalue weighted by atomic mass is 16.5. The summed E-state index contributed by atoms with van der Waals surface area (Å²) in [6.45, 7) is 0. The number of esters is 1. The highest BCUT2D eigenvalue weighted by Gasteiger charge is 2.22. The Kier molecular flexibility index (Phi) is 3.51. The maximum absolute atomic E-state index is 11.9. The predicted octanol–water partition coefficient (Wildman–Crippen LogP) is 3.07. The standard InChI is InChI=1S/C17H13NO3/c1-20-15-7-5-12(6-8-15)16-11-13(17(19)21-16)10-14-4-2-3-9-18-14/h2-11H,1H3. The Morgan fingerprint density at radius 2 is 1.95 bits per heavy atom. The van der Waals surface area contributed by atoms with Crippen molar-refractivity contribution in [3.8, 4) is 5.75 Å². The van der Waals surface area contributed by atoms with Gasteiger partial charge in [-0.25, -0.2) is 4.79 Å². The second-order valence-corrected chi connectivity index (χ2v) is 4.48. The molecule has 4 nitrogen and oxygen atoms in total. The van der Waals surface area contributed by atoms with Gasteiger partial charge in [-0.15, -0.1) is 0 Å². The van der Waals surface area contributed by atoms with Gasteiger partial charge in [-0.1, -0.05) is 6.07 Å². The van der Waals surface area contributed by atoms with Crippen molar-refractivity contribution in [1.82, 2.24) is 4.98 Å². The Morgan fingerprint density at radius 1 is 1.14 bits per heavy atom. The van der Waals surface area contributed by atoms with Gasteiger partial charge in [-0.05, 0) is 48.6 Å². The second kappa shape index (κ2) is 5.63. The van der Waals surface area contributed by atoms with Gasteiger partial charge >= 0.3 is 5.97 Å². The first-order valence-electron chi connectivity index (χ1n) is 6.47. The zero-order valence-electron chi connectivity index (χ0n) is 11.4. The fourth-order valence-electron chi connectivity index (χ4n) is 2.01. The summed E-state index contributed by atoms with van der Waals surface area (Å²) in [6, 6.07) is 12.9. The van der Waals surface area contributed by atoms with E-state index in [2.05, 4.69) is 4.98 Å². The Labute approximate surface area is 122 Å². The van der Waals surface area contributed by atoms with Crippen LogP contribution >= 0.6 is 0 Å². The molecule has 0 atom stereocenters. The number of pyridine rings is 1. The monoisotopic (exact) mass is 279 g/mol. The maximum atomic E-state index is 11.9. The molecule has 0 amide bonds. The Bertz CT molecular complexity index is 715. The molecule has 4 heteroatoms. The summed E-state index contributed by atoms with van der Waals surface area (Å²) in [5.41, 5.74) is 2.03. The van der Waals surface area contributed by atoms with E-state index in [4.69, 9.17) is 9.47 Å². The third-order valence-corrected chi connectivity index (χ3v) is 3.09. The molecule has 0 spiro atoms. The van der Waals surface area contributed by atoms with Crippen LogP contribution in [-0.4, -0.2) is 18.1 Å². The Morgan fingerprint density at radius 3 is 2.62 bits per heavy atom. The van der Waals surface area contributed by atoms with Crippen LogP contribution in [0.2, 0.25) is 0 Å². The SMILES string of the molecule is COc1ccc(C2=CC(=Cc3ccccn3)C(=O)O2)cc1. The topological polar surface area (TPSA) is 48.4 Å². The Balaban J connectivity index is 1.89. The third kappa shape index (κ3) is 2.84. The van der Waals surface area contributed by atoms with Gasteiger partial charge in [0.05, 0.1) is 18.4 Å². The number of aromatic nitrogens is 1. The summed E-state index contributed by atoms with van der Waals surface area (Å²) < 4.78 is 10.4. The molecule has 0 bridgehead atoms. The van der Waals surface area contributed by atoms with Gasteiger partial charge in [-0.3, -0.25) is 4.98 Å². The number of carbonyl (C=O) groups excluding carboxylic acids is 1. The molecule has 0 unspecified atom stereocenters. The lowest BCUT2D eigenvalue weighted by molar-refractivity contribution is -0.130. The summed E-state index contributed by atoms with van der Waals surface area (Å²) in [7, 11) is 1.61. The van der Waals surface area contributed by atoms with Crippen LogP contribution in [-0.2, 0) is 9.53 Å². The molecule has 2 aromatic rings. The molecule has 3 rings (SSSR count). The van der Waals surface area contributed by atoms with E-state index in [9.17, 15) is 4.79 Å². The number of benzene rings is 1. The van der Waals surface area contributed by atoms with Gasteiger partial charge < -0.3 is 9.47 Å². The smallest absolute Gasteiger partial charge is 0.343 e. The normalized spacial score (nSPS) is 15.8. The van der Waals surface area contributed by atoms with Crippen LogP contribution in [0, 0.1) is 0 Å². The van der Waals surface area contributed by atoms with Crippen molar-refractivity contribution in [1.29, 1.82) is 0 Å². The summed E-state index contributed by atoms with van der Waals surface area (Å²) in [5, 5.41) is 0. The summed E-state index contributed by atoms with van der Waals surface area (Å²) in [4.78, 5) is 16.1. The number of hydrogen-bond acceptors (Lipinski definition) is 4. The minimum absolute atomic E-state index is 0.369. The third-order valence-electron chi connectivity index (χ3n) is 3.09. The number of ether oxygens (including phenoxy) is 2. The second-order valence-electron chi connectivity index (χ2n) is 4.48. The average molecular weight is 279 g/mol. The number of carbonyl (C=O) groups is 1. The van der Waals surface area contributed by atoms with Gasteiger partial charge in [0.25, 0.3) is 0 Å². The van der Waals surface area contributed by atoms with Crippen LogP contribution in [0.4, 0.5) is 0 Å². The fraction of sp³-hybridized carbons (Fsp3) is 0.0588. The maximum Gasteiger partial charge on any atom is 0.343 e. The van der Waals surface area contributed by atoms with Crippen molar-refractivity contribution in [2.45, 2.75) is 0 Å². The lowest BCUT2D eigenvalue weighted by Gasteiger charge is -2.03. The first-order chi connectivity index (χ1) is 10.3. The van der Waals surface area contributed by atoms with Crippen LogP contribution in [0.25, 0.3) is 11.8 Å². The summed E-state index contributed by atoms with van der Waals surface area (Å²) in [5.74, 6) is 0.921. The number of cyclic esters (lactones) is 1. The number of methoxy groups -OCH3 is 1. The first-order valence-corrected chi connectivity index (χ1v) is 6.47. The van der Waals surface area contributed by atoms with Crippen LogP contribution in [0.3, 0.4) is 0 Å². The van der Waals surface area contributed by atoms with Crippen molar-refractivity contribution >= 4 is 17.8 Å². The molecule has 1 aromatic carbocycles. The van der Waals surface area contributed by atoms with E-state index in [-0.39, 0.29) is 5.97 Å². The Hall–Kier alpha value is -2.88. The van der Waals surface area contributed by atoms with E-state index in [1.807, 2.05) is 42.5 Å². The molecular weight excluding hydrogens is 266 g/mol. The minimum Gasteiger partial charge on any atom is -0.497 e. The van der Waals surface area contributed by atoms with Gasteiger partial charge in [0.2, 0.25) is 0 Å². The molecule has 1 aliphatic heterocycles. The number of nitrogens with zero attached hydrogens (tertiary/aromatic N) is 1. The zero-order chi connectivity index (χ0) is 14.7. The summed E-state index contributed by atoms with van der Waals surface area (Å²) in [6.07, 6.45) is 5.11. The van der Waals surface area contributed by atoms with Crippen molar-refractivity contribution in [3.63, 3.8) is 0 Å². The largest absolute Gasteiger partial charge is 0.497 e. The molecule has 21 heavy (non-hydrogen) atoms. The van der Waals surface area contributed by atoms with E-state index < -0.39 is 0 Å². The van der Waals surface area contributed by atoms with Crippen molar-refractivity contribution < 1.29 is 14.3 Å². The van der Waals surface area contributed by atoms with Crippen LogP contribution in [0.5, 0.6) is 5.75 Å². The van der Waals surface area contributed by atoms with E-state index in [0.29, 0.717) is 11.3 Å². The van der Waals surface area contributed by atoms with E-state index in [0.717, 1.165) is 17.0 Å². The molecule has 0 fully saturated rings. The van der Waals surface area contributed by atoms with Crippen molar-refractivity contribution in [3.05, 3.63) is 71.6 Å². The quantitative estimate of drug-likeness (QED) is 0.640. The van der Waals surface area contributed by atoms with Gasteiger partial charge in [0.1, 0.15) is 11.5 Å². The van der Waals surface area contributed by atoms with Crippen LogP contribution < -0.4 is 4.74 Å². The highest BCUT2D eigenvalue weighted by molar-refractivity contribution is 6.04. The molecule has 1 aliphatic rings. The molecule has 1 aromatic heterocycles. The highest BCUT2D eigenvalue weighted by Crippen LogP contribution is 2.28. The lowest BCUT2D eigenvalue weighted by atomic mass is 10.1. The van der Waals surface area contributed by atoms with Gasteiger partial charge in [0, 0.05) is 11.8 Å². The molecule has 0 N–H and O–H groups in total. The molecular formula is C17H13NO3. The van der Waals surface area contributed by atoms with Crippen molar-refractivity contribution in [2.75, 3.05) is 7.11 Å². The molecule has 0 aliphatic carbocycles. The van der Waals surface area contributed by atoms with Gasteiger partial charge in [0.15, 0.2) is 0 Å². The molecule has 0 saturated carbocycles. The van der Waals surface area contributed by atoms with Gasteiger partial charge in [-0.2, -0.15) is 0 Å². The van der Waals surface area contributed by atoms with E-state index in [1.54, 1.807) is 25.5 Å². The minimum atomic E-state index is -0.369. The average Bonchev–Trinajstić information content (AvgIpc) is 2.89. The molecule has 104 valence electrons. The zero-order valence-corrected chi connectivity index (χ0v) is 11.4. The number of rotatable bonds is 3. The van der Waals surface area contributed by atoms with Crippen LogP contribution in [0.15, 0.2) is 60.3 Å². The number of hydrogen-bond donors (Lipinski definition) is 0. The fourth-order valence-corrected chi connectivity index (χ4v) is 2.01. The molecule has 0 saturated heterocycles. The van der Waals surface area contributed by atoms with E-state index in [1.165, 1.54) is 0 Å². The molecule has 0 radical (unpaired) electrons. The first kappa shape index (κ1) is 13.1. The van der Waals surface area contributed by atoms with Crippen LogP contribution in [0.1, 0.15) is 11.3 Å². The predicted molar refractivity (Wildman–Crippen MR) is 79.3 cm³/mol. The summed E-state index contributed by atoms with van der Waals surface area (Å²) >= 11 is 0. The lowest BCUT2D eigenvalue weighted by Crippen LogP contribution is -1.97. The van der Waals surface area contributed by atoms with E-state index >= 15 is 0 Å².